The summed E-state index contributed by atoms with van der Waals surface area (Å²) >= 11 is 2.23. The molecule has 3 atom stereocenters. The summed E-state index contributed by atoms with van der Waals surface area (Å²) in [6.07, 6.45) is 0. The summed E-state index contributed by atoms with van der Waals surface area (Å²) in [6.45, 7) is 0. The fourth-order valence-corrected chi connectivity index (χ4v) is 6.58. The van der Waals surface area contributed by atoms with Crippen molar-refractivity contribution >= 4 is 62.5 Å². The lowest BCUT2D eigenvalue weighted by Crippen LogP contribution is -2.74. The second-order valence-corrected chi connectivity index (χ2v) is 10.3. The van der Waals surface area contributed by atoms with E-state index in [1.165, 1.54) is 17.2 Å². The highest BCUT2D eigenvalue weighted by Crippen LogP contribution is 2.36. The highest BCUT2D eigenvalue weighted by atomic mass is 32.2. The van der Waals surface area contributed by atoms with Crippen LogP contribution in [0.2, 0.25) is 0 Å². The molecule has 180 valence electrons. The first-order valence-electron chi connectivity index (χ1n) is 9.37. The van der Waals surface area contributed by atoms with E-state index in [1.807, 2.05) is 0 Å². The van der Waals surface area contributed by atoms with Crippen molar-refractivity contribution in [2.24, 2.45) is 12.2 Å². The number of hydrogen-bond donors (Lipinski definition) is 3. The van der Waals surface area contributed by atoms with Gasteiger partial charge < -0.3 is 21.0 Å². The zero-order valence-corrected chi connectivity index (χ0v) is 20.0. The smallest absolute Gasteiger partial charge is 0.352 e. The van der Waals surface area contributed by atoms with Crippen molar-refractivity contribution in [1.82, 2.24) is 35.4 Å². The number of carboxylic acids is 1. The number of thiazole rings is 1. The third-order valence-corrected chi connectivity index (χ3v) is 8.24. The van der Waals surface area contributed by atoms with E-state index in [0.29, 0.717) is 10.7 Å². The van der Waals surface area contributed by atoms with Crippen LogP contribution in [0.25, 0.3) is 0 Å². The first kappa shape index (κ1) is 23.8. The van der Waals surface area contributed by atoms with E-state index in [9.17, 15) is 23.7 Å². The Labute approximate surface area is 201 Å². The number of carbonyl (C=O) groups excluding carboxylic acids is 2. The Bertz CT molecular complexity index is 1250. The molecule has 0 aliphatic carbocycles. The van der Waals surface area contributed by atoms with Crippen molar-refractivity contribution in [2.75, 3.05) is 24.3 Å². The molecule has 4 rings (SSSR count). The maximum absolute atomic E-state index is 13.0. The minimum absolute atomic E-state index is 0.0949. The van der Waals surface area contributed by atoms with Gasteiger partial charge in [0.15, 0.2) is 10.8 Å². The van der Waals surface area contributed by atoms with Gasteiger partial charge in [-0.25, -0.2) is 14.5 Å². The number of carbonyl (C=O) groups is 3. The number of aliphatic carboxylic acids is 1. The number of tetrazole rings is 1. The maximum atomic E-state index is 13.0. The van der Waals surface area contributed by atoms with Crippen LogP contribution in [0.3, 0.4) is 0 Å². The molecule has 2 aromatic rings. The van der Waals surface area contributed by atoms with Gasteiger partial charge in [-0.05, 0) is 16.0 Å². The zero-order chi connectivity index (χ0) is 24.6. The zero-order valence-electron chi connectivity index (χ0n) is 17.6. The summed E-state index contributed by atoms with van der Waals surface area (Å²) in [4.78, 5) is 47.3. The molecular weight excluding hydrogens is 510 g/mol. The van der Waals surface area contributed by atoms with Gasteiger partial charge in [-0.15, -0.1) is 16.4 Å². The molecule has 0 spiro atoms. The van der Waals surface area contributed by atoms with E-state index in [-0.39, 0.29) is 33.7 Å². The van der Waals surface area contributed by atoms with Gasteiger partial charge in [0.1, 0.15) is 29.9 Å². The number of hydrogen-bond acceptors (Lipinski definition) is 13. The number of nitrogens with two attached hydrogens (primary N) is 1. The Hall–Kier alpha value is -3.38. The van der Waals surface area contributed by atoms with E-state index in [4.69, 9.17) is 10.6 Å². The number of nitrogens with zero attached hydrogens (tertiary/aromatic N) is 7. The van der Waals surface area contributed by atoms with Crippen molar-refractivity contribution < 1.29 is 28.5 Å². The number of carboxylic acid groups (broad SMARTS) is 1. The number of oxime groups is 1. The van der Waals surface area contributed by atoms with E-state index >= 15 is 0 Å². The van der Waals surface area contributed by atoms with Gasteiger partial charge in [0.2, 0.25) is 5.16 Å². The Morgan fingerprint density at radius 1 is 1.50 bits per heavy atom. The molecule has 4 N–H and O–H groups in total. The summed E-state index contributed by atoms with van der Waals surface area (Å²) in [6, 6.07) is -1.21. The molecule has 34 heavy (non-hydrogen) atoms. The van der Waals surface area contributed by atoms with E-state index in [0.717, 1.165) is 28.0 Å². The largest absolute Gasteiger partial charge is 0.477 e. The third kappa shape index (κ3) is 4.26. The predicted molar refractivity (Wildman–Crippen MR) is 120 cm³/mol. The fourth-order valence-electron chi connectivity index (χ4n) is 3.36. The number of aryl methyl sites for hydroxylation is 1. The lowest BCUT2D eigenvalue weighted by Gasteiger charge is -2.49. The summed E-state index contributed by atoms with van der Waals surface area (Å²) < 4.78 is 14.4. The standard InChI is InChI=1S/C16H17N9O6S3/c1-24-16(20-22-23-24)33-3-6-5-34(30)13-9(12(27)25(13)10(6)14(28)29)19-11(26)8(21-31-2)7-4-32-15(17)18-7/h4,9,13H,3,5H2,1-2H3,(H2,17,18)(H,19,26)(H,28,29)/b21-8-/t9-,13-,34+/m1/s1. The van der Waals surface area contributed by atoms with Gasteiger partial charge >= 0.3 is 5.97 Å². The summed E-state index contributed by atoms with van der Waals surface area (Å²) in [5.74, 6) is -2.83. The van der Waals surface area contributed by atoms with E-state index in [1.54, 1.807) is 7.05 Å². The van der Waals surface area contributed by atoms with Crippen molar-refractivity contribution in [2.45, 2.75) is 16.6 Å². The number of anilines is 1. The van der Waals surface area contributed by atoms with E-state index in [2.05, 4.69) is 31.0 Å². The topological polar surface area (TPSA) is 208 Å². The number of nitrogens with one attached hydrogen (secondary N) is 1. The highest BCUT2D eigenvalue weighted by molar-refractivity contribution is 7.99. The summed E-state index contributed by atoms with van der Waals surface area (Å²) in [7, 11) is 1.17. The molecule has 1 fully saturated rings. The van der Waals surface area contributed by atoms with Gasteiger partial charge in [0.05, 0.1) is 16.6 Å². The monoisotopic (exact) mass is 527 g/mol. The molecule has 2 aliphatic heterocycles. The van der Waals surface area contributed by atoms with Gasteiger partial charge in [0.25, 0.3) is 11.8 Å². The van der Waals surface area contributed by atoms with Crippen molar-refractivity contribution in [1.29, 1.82) is 0 Å². The fraction of sp³-hybridized carbons (Fsp3) is 0.375. The Balaban J connectivity index is 1.54. The Morgan fingerprint density at radius 3 is 2.85 bits per heavy atom. The molecule has 18 heteroatoms. The number of nitrogen functional groups attached to an aromatic ring is 1. The normalized spacial score (nSPS) is 22.3. The molecule has 4 heterocycles. The van der Waals surface area contributed by atoms with Crippen LogP contribution in [0.4, 0.5) is 5.13 Å². The van der Waals surface area contributed by atoms with Gasteiger partial charge in [-0.1, -0.05) is 16.9 Å². The van der Waals surface area contributed by atoms with Gasteiger partial charge in [-0.3, -0.25) is 18.7 Å². The average Bonchev–Trinajstić information content (AvgIpc) is 3.41. The number of amides is 2. The molecule has 0 bridgehead atoms. The van der Waals surface area contributed by atoms with Gasteiger partial charge in [0, 0.05) is 18.2 Å². The predicted octanol–water partition coefficient (Wildman–Crippen LogP) is -1.85. The van der Waals surface area contributed by atoms with Crippen LogP contribution in [0, 0.1) is 0 Å². The average molecular weight is 528 g/mol. The SMILES string of the molecule is CO/N=C(\C(=O)N[C@@H]1C(=O)N2C(C(=O)O)=C(CSc3nnnn3C)C[S@](=O)[C@H]12)c1csc(N)n1. The number of aromatic nitrogens is 5. The minimum atomic E-state index is -1.68. The molecular formula is C16H17N9O6S3. The molecule has 0 radical (unpaired) electrons. The number of β-lactam (4-membered cyclic amide) rings is 1. The molecule has 0 aromatic carbocycles. The summed E-state index contributed by atoms with van der Waals surface area (Å²) in [5.41, 5.74) is 5.55. The van der Waals surface area contributed by atoms with Crippen LogP contribution in [-0.4, -0.2) is 92.9 Å². The molecule has 2 amide bonds. The number of thioether (sulfide) groups is 1. The molecule has 1 saturated heterocycles. The molecule has 2 aromatic heterocycles. The summed E-state index contributed by atoms with van der Waals surface area (Å²) in [5, 5.41) is 28.0. The van der Waals surface area contributed by atoms with Crippen LogP contribution in [0.5, 0.6) is 0 Å². The van der Waals surface area contributed by atoms with Crippen LogP contribution in [0.1, 0.15) is 5.69 Å². The van der Waals surface area contributed by atoms with Crippen LogP contribution >= 0.6 is 23.1 Å². The minimum Gasteiger partial charge on any atom is -0.477 e. The van der Waals surface area contributed by atoms with Gasteiger partial charge in [-0.2, -0.15) is 0 Å². The molecule has 15 nitrogen and oxygen atoms in total. The number of rotatable bonds is 8. The first-order chi connectivity index (χ1) is 16.2. The maximum Gasteiger partial charge on any atom is 0.352 e. The van der Waals surface area contributed by atoms with Crippen molar-refractivity contribution in [3.8, 4) is 0 Å². The van der Waals surface area contributed by atoms with E-state index < -0.39 is 40.0 Å². The highest BCUT2D eigenvalue weighted by Gasteiger charge is 2.57. The van der Waals surface area contributed by atoms with Crippen LogP contribution in [-0.2, 0) is 37.1 Å². The lowest BCUT2D eigenvalue weighted by molar-refractivity contribution is -0.150. The third-order valence-electron chi connectivity index (χ3n) is 4.81. The van der Waals surface area contributed by atoms with Crippen molar-refractivity contribution in [3.63, 3.8) is 0 Å². The quantitative estimate of drug-likeness (QED) is 0.149. The van der Waals surface area contributed by atoms with Crippen LogP contribution in [0.15, 0.2) is 27.0 Å². The first-order valence-corrected chi connectivity index (χ1v) is 12.6. The van der Waals surface area contributed by atoms with Crippen LogP contribution < -0.4 is 11.1 Å². The second-order valence-electron chi connectivity index (χ2n) is 6.90. The molecule has 0 unspecified atom stereocenters. The Kier molecular flexibility index (Phi) is 6.62. The second kappa shape index (κ2) is 9.47. The molecule has 0 saturated carbocycles. The lowest BCUT2D eigenvalue weighted by atomic mass is 10.0. The number of fused-ring (bicyclic) bond motifs is 1. The Morgan fingerprint density at radius 2 is 2.26 bits per heavy atom. The molecule has 2 aliphatic rings. The van der Waals surface area contributed by atoms with Crippen molar-refractivity contribution in [3.05, 3.63) is 22.3 Å².